The molecule has 2 N–H and O–H groups in total. The van der Waals surface area contributed by atoms with Crippen LogP contribution in [0.5, 0.6) is 0 Å². The van der Waals surface area contributed by atoms with Crippen molar-refractivity contribution < 1.29 is 4.79 Å². The highest BCUT2D eigenvalue weighted by Crippen LogP contribution is 2.48. The number of anilines is 2. The van der Waals surface area contributed by atoms with Gasteiger partial charge in [-0.3, -0.25) is 4.79 Å². The Labute approximate surface area is 209 Å². The van der Waals surface area contributed by atoms with Crippen molar-refractivity contribution in [3.05, 3.63) is 100 Å². The fourth-order valence-electron chi connectivity index (χ4n) is 5.46. The van der Waals surface area contributed by atoms with Gasteiger partial charge in [0.25, 0.3) is 0 Å². The lowest BCUT2D eigenvalue weighted by molar-refractivity contribution is -0.118. The topological polar surface area (TPSA) is 61.0 Å². The van der Waals surface area contributed by atoms with Crippen LogP contribution in [-0.4, -0.2) is 15.8 Å². The lowest BCUT2D eigenvalue weighted by Gasteiger charge is -2.37. The van der Waals surface area contributed by atoms with Crippen molar-refractivity contribution in [2.24, 2.45) is 5.41 Å². The molecule has 0 unspecified atom stereocenters. The maximum atomic E-state index is 13.8. The Balaban J connectivity index is 1.56. The molecule has 0 amide bonds. The third kappa shape index (κ3) is 4.00. The number of allylic oxidation sites excluding steroid dienone is 1. The number of benzene rings is 3. The molecule has 1 aliphatic carbocycles. The predicted octanol–water partition coefficient (Wildman–Crippen LogP) is 7.03. The van der Waals surface area contributed by atoms with Crippen molar-refractivity contribution >= 4 is 39.8 Å². The fourth-order valence-corrected chi connectivity index (χ4v) is 5.59. The van der Waals surface area contributed by atoms with E-state index in [1.165, 1.54) is 0 Å². The number of hydrogen-bond donors (Lipinski definition) is 2. The summed E-state index contributed by atoms with van der Waals surface area (Å²) >= 11 is 6.26. The van der Waals surface area contributed by atoms with E-state index >= 15 is 0 Å². The number of nitrogens with one attached hydrogen (secondary N) is 2. The molecule has 176 valence electrons. The maximum Gasteiger partial charge on any atom is 0.163 e. The summed E-state index contributed by atoms with van der Waals surface area (Å²) in [7, 11) is 0. The molecule has 1 aliphatic heterocycles. The van der Waals surface area contributed by atoms with Gasteiger partial charge in [-0.25, -0.2) is 4.98 Å². The van der Waals surface area contributed by atoms with E-state index in [1.807, 2.05) is 60.7 Å². The van der Waals surface area contributed by atoms with E-state index in [1.54, 1.807) is 0 Å². The third-order valence-electron chi connectivity index (χ3n) is 6.95. The summed E-state index contributed by atoms with van der Waals surface area (Å²) in [6.45, 7) is 4.85. The van der Waals surface area contributed by atoms with Gasteiger partial charge in [-0.1, -0.05) is 61.8 Å². The van der Waals surface area contributed by atoms with Crippen LogP contribution in [0.15, 0.2) is 84.1 Å². The molecular weight excluding hydrogens is 456 g/mol. The first-order valence-electron chi connectivity index (χ1n) is 12.0. The molecule has 0 saturated heterocycles. The van der Waals surface area contributed by atoms with E-state index in [4.69, 9.17) is 16.6 Å². The van der Waals surface area contributed by atoms with Crippen LogP contribution in [0.3, 0.4) is 0 Å². The Bertz CT molecular complexity index is 1430. The smallest absolute Gasteiger partial charge is 0.163 e. The van der Waals surface area contributed by atoms with E-state index in [0.717, 1.165) is 51.5 Å². The second-order valence-electron chi connectivity index (χ2n) is 10.3. The molecule has 2 aliphatic rings. The Morgan fingerprint density at radius 3 is 2.54 bits per heavy atom. The van der Waals surface area contributed by atoms with Crippen LogP contribution in [0.1, 0.15) is 44.1 Å². The number of carbonyl (C=O) groups excluding carboxylic acids is 1. The average molecular weight is 483 g/mol. The number of para-hydroxylation sites is 4. The summed E-state index contributed by atoms with van der Waals surface area (Å²) in [5, 5.41) is 4.34. The van der Waals surface area contributed by atoms with Gasteiger partial charge in [-0.15, -0.1) is 0 Å². The molecule has 0 fully saturated rings. The number of aromatic amines is 1. The van der Waals surface area contributed by atoms with Crippen LogP contribution in [0.2, 0.25) is 5.02 Å². The highest BCUT2D eigenvalue weighted by molar-refractivity contribution is 6.30. The van der Waals surface area contributed by atoms with Gasteiger partial charge in [0.2, 0.25) is 0 Å². The van der Waals surface area contributed by atoms with Crippen molar-refractivity contribution in [2.45, 2.75) is 39.3 Å². The van der Waals surface area contributed by atoms with Gasteiger partial charge in [0.05, 0.1) is 35.0 Å². The number of aromatic nitrogens is 2. The van der Waals surface area contributed by atoms with Crippen molar-refractivity contribution in [3.8, 4) is 0 Å². The lowest BCUT2D eigenvalue weighted by Crippen LogP contribution is -2.36. The number of H-pyrrole nitrogens is 1. The number of halogens is 1. The predicted molar refractivity (Wildman–Crippen MR) is 142 cm³/mol. The summed E-state index contributed by atoms with van der Waals surface area (Å²) in [5.74, 6) is 1.04. The quantitative estimate of drug-likeness (QED) is 0.329. The largest absolute Gasteiger partial charge is 0.357 e. The lowest BCUT2D eigenvalue weighted by atomic mass is 9.73. The highest BCUT2D eigenvalue weighted by Gasteiger charge is 2.41. The number of rotatable bonds is 3. The molecule has 1 aromatic heterocycles. The van der Waals surface area contributed by atoms with Crippen LogP contribution in [0.25, 0.3) is 11.0 Å². The second-order valence-corrected chi connectivity index (χ2v) is 10.7. The molecule has 6 rings (SSSR count). The summed E-state index contributed by atoms with van der Waals surface area (Å²) < 4.78 is 0. The summed E-state index contributed by atoms with van der Waals surface area (Å²) in [6, 6.07) is 23.9. The summed E-state index contributed by atoms with van der Waals surface area (Å²) in [6.07, 6.45) is 1.33. The number of carbonyl (C=O) groups is 1. The second kappa shape index (κ2) is 8.28. The maximum absolute atomic E-state index is 13.8. The van der Waals surface area contributed by atoms with Gasteiger partial charge < -0.3 is 15.2 Å². The van der Waals surface area contributed by atoms with Gasteiger partial charge in [0.1, 0.15) is 5.82 Å². The normalized spacial score (nSPS) is 19.2. The zero-order valence-electron chi connectivity index (χ0n) is 19.8. The van der Waals surface area contributed by atoms with E-state index in [9.17, 15) is 4.79 Å². The number of ketones is 1. The monoisotopic (exact) mass is 482 g/mol. The minimum Gasteiger partial charge on any atom is -0.357 e. The molecule has 1 atom stereocenters. The molecule has 35 heavy (non-hydrogen) atoms. The van der Waals surface area contributed by atoms with Gasteiger partial charge in [0, 0.05) is 22.7 Å². The van der Waals surface area contributed by atoms with Crippen molar-refractivity contribution in [3.63, 3.8) is 0 Å². The Morgan fingerprint density at radius 2 is 1.74 bits per heavy atom. The molecule has 0 spiro atoms. The molecule has 5 nitrogen and oxygen atoms in total. The standard InChI is InChI=1S/C29H27ClN4O/c1-29(2)15-23-27(25(35)16-29)28(18-11-13-19(30)14-12-18)34(24-10-6-5-9-22(24)31-23)17-26-32-20-7-3-4-8-21(20)33-26/h3-14,28,31H,15-17H2,1-2H3,(H,32,33)/t28-/m0/s1. The number of Topliss-reactive ketones (excluding diaryl/α,β-unsaturated/α-hetero) is 1. The van der Waals surface area contributed by atoms with Gasteiger partial charge >= 0.3 is 0 Å². The van der Waals surface area contributed by atoms with Gasteiger partial charge in [0.15, 0.2) is 5.78 Å². The minimum atomic E-state index is -0.268. The summed E-state index contributed by atoms with van der Waals surface area (Å²) in [4.78, 5) is 24.4. The SMILES string of the molecule is CC1(C)CC(=O)C2=C(C1)Nc1ccccc1N(Cc1nc3ccccc3[nH]1)[C@H]2c1ccc(Cl)cc1. The minimum absolute atomic E-state index is 0.101. The van der Waals surface area contributed by atoms with Crippen LogP contribution >= 0.6 is 11.6 Å². The highest BCUT2D eigenvalue weighted by atomic mass is 35.5. The van der Waals surface area contributed by atoms with Crippen LogP contribution in [0.4, 0.5) is 11.4 Å². The number of fused-ring (bicyclic) bond motifs is 2. The van der Waals surface area contributed by atoms with Gasteiger partial charge in [-0.05, 0) is 53.8 Å². The molecule has 2 heterocycles. The first kappa shape index (κ1) is 21.9. The van der Waals surface area contributed by atoms with E-state index < -0.39 is 0 Å². The fraction of sp³-hybridized carbons (Fsp3) is 0.241. The number of nitrogens with zero attached hydrogens (tertiary/aromatic N) is 2. The van der Waals surface area contributed by atoms with E-state index in [-0.39, 0.29) is 17.2 Å². The first-order valence-corrected chi connectivity index (χ1v) is 12.3. The summed E-state index contributed by atoms with van der Waals surface area (Å²) in [5.41, 5.74) is 6.74. The first-order chi connectivity index (χ1) is 16.9. The molecular formula is C29H27ClN4O. The molecule has 3 aromatic carbocycles. The van der Waals surface area contributed by atoms with Crippen molar-refractivity contribution in [1.82, 2.24) is 9.97 Å². The van der Waals surface area contributed by atoms with Crippen molar-refractivity contribution in [1.29, 1.82) is 0 Å². The Hall–Kier alpha value is -3.57. The third-order valence-corrected chi connectivity index (χ3v) is 7.20. The molecule has 6 heteroatoms. The van der Waals surface area contributed by atoms with Crippen LogP contribution in [-0.2, 0) is 11.3 Å². The van der Waals surface area contributed by atoms with E-state index in [0.29, 0.717) is 18.0 Å². The van der Waals surface area contributed by atoms with Crippen LogP contribution < -0.4 is 10.2 Å². The van der Waals surface area contributed by atoms with E-state index in [2.05, 4.69) is 41.2 Å². The van der Waals surface area contributed by atoms with Gasteiger partial charge in [-0.2, -0.15) is 0 Å². The number of hydrogen-bond acceptors (Lipinski definition) is 4. The molecule has 0 bridgehead atoms. The zero-order chi connectivity index (χ0) is 24.2. The van der Waals surface area contributed by atoms with Crippen molar-refractivity contribution in [2.75, 3.05) is 10.2 Å². The molecule has 0 radical (unpaired) electrons. The Kier molecular flexibility index (Phi) is 5.19. The molecule has 0 saturated carbocycles. The van der Waals surface area contributed by atoms with Crippen LogP contribution in [0, 0.1) is 5.41 Å². The Morgan fingerprint density at radius 1 is 1.00 bits per heavy atom. The molecule has 4 aromatic rings. The zero-order valence-corrected chi connectivity index (χ0v) is 20.6. The number of imidazole rings is 1. The average Bonchev–Trinajstić information content (AvgIpc) is 3.17.